The van der Waals surface area contributed by atoms with Gasteiger partial charge in [0.05, 0.1) is 6.54 Å². The monoisotopic (exact) mass is 385 g/mol. The first-order valence-electron chi connectivity index (χ1n) is 8.66. The minimum Gasteiger partial charge on any atom is -0.211 e. The summed E-state index contributed by atoms with van der Waals surface area (Å²) in [6.07, 6.45) is 18.0. The second-order valence-electron chi connectivity index (χ2n) is 5.93. The van der Waals surface area contributed by atoms with Crippen LogP contribution in [-0.2, 0) is 4.79 Å². The maximum atomic E-state index is 9.87. The molecule has 0 unspecified atom stereocenters. The molecule has 0 saturated carbocycles. The van der Waals surface area contributed by atoms with Gasteiger partial charge < -0.3 is 0 Å². The fourth-order valence-corrected chi connectivity index (χ4v) is 4.36. The van der Waals surface area contributed by atoms with E-state index in [0.717, 1.165) is 18.9 Å². The van der Waals surface area contributed by atoms with Gasteiger partial charge in [-0.2, -0.15) is 0 Å². The van der Waals surface area contributed by atoms with Crippen LogP contribution in [0.25, 0.3) is 0 Å². The number of carbonyl (C=O) groups excluding carboxylic acids is 1. The standard InChI is InChI=1S/C16H30Cl3NOSi/c17-22(18,19)15-13-11-9-7-5-3-1-2-4-6-8-10-12-14-20-16-21/h1-15H2. The minimum absolute atomic E-state index is 0.646. The number of aliphatic imine (C=N–C) groups is 1. The van der Waals surface area contributed by atoms with Crippen LogP contribution < -0.4 is 0 Å². The van der Waals surface area contributed by atoms with E-state index in [1.807, 2.05) is 0 Å². The highest BCUT2D eigenvalue weighted by molar-refractivity contribution is 7.64. The molecular weight excluding hydrogens is 357 g/mol. The Balaban J connectivity index is 3.04. The van der Waals surface area contributed by atoms with Crippen molar-refractivity contribution in [1.29, 1.82) is 0 Å². The van der Waals surface area contributed by atoms with Crippen molar-refractivity contribution >= 4 is 45.3 Å². The smallest absolute Gasteiger partial charge is 0.211 e. The molecule has 0 heterocycles. The summed E-state index contributed by atoms with van der Waals surface area (Å²) in [6.45, 7) is 0.646. The van der Waals surface area contributed by atoms with E-state index in [1.54, 1.807) is 6.08 Å². The molecule has 0 amide bonds. The van der Waals surface area contributed by atoms with Gasteiger partial charge in [-0.1, -0.05) is 77.0 Å². The third kappa shape index (κ3) is 20.5. The van der Waals surface area contributed by atoms with Crippen LogP contribution in [0.2, 0.25) is 6.04 Å². The SMILES string of the molecule is O=C=NCCCCCCCCCCCCCCC[Si](Cl)(Cl)Cl. The Labute approximate surface area is 151 Å². The van der Waals surface area contributed by atoms with Crippen molar-refractivity contribution in [3.63, 3.8) is 0 Å². The molecule has 130 valence electrons. The molecule has 0 bridgehead atoms. The Hall–Kier alpha value is 0.467. The van der Waals surface area contributed by atoms with Gasteiger partial charge in [-0.15, -0.1) is 33.2 Å². The molecule has 6 heteroatoms. The highest BCUT2D eigenvalue weighted by atomic mass is 35.8. The summed E-state index contributed by atoms with van der Waals surface area (Å²) in [6, 6.07) is -1.57. The fourth-order valence-electron chi connectivity index (χ4n) is 2.51. The number of hydrogen-bond donors (Lipinski definition) is 0. The zero-order valence-electron chi connectivity index (χ0n) is 13.6. The summed E-state index contributed by atoms with van der Waals surface area (Å²) in [5, 5.41) is 0. The number of nitrogens with zero attached hydrogens (tertiary/aromatic N) is 1. The minimum atomic E-state index is -2.37. The molecule has 0 aromatic heterocycles. The molecule has 0 aliphatic carbocycles. The summed E-state index contributed by atoms with van der Waals surface area (Å²) in [7, 11) is 0. The van der Waals surface area contributed by atoms with Gasteiger partial charge in [-0.25, -0.2) is 9.79 Å². The van der Waals surface area contributed by atoms with Crippen molar-refractivity contribution in [1.82, 2.24) is 0 Å². The Morgan fingerprint density at radius 1 is 0.636 bits per heavy atom. The molecule has 0 rings (SSSR count). The van der Waals surface area contributed by atoms with Crippen molar-refractivity contribution in [2.45, 2.75) is 89.5 Å². The lowest BCUT2D eigenvalue weighted by atomic mass is 10.0. The van der Waals surface area contributed by atoms with E-state index in [2.05, 4.69) is 4.99 Å². The van der Waals surface area contributed by atoms with Gasteiger partial charge in [0, 0.05) is 0 Å². The number of unbranched alkanes of at least 4 members (excludes halogenated alkanes) is 12. The zero-order valence-corrected chi connectivity index (χ0v) is 16.9. The van der Waals surface area contributed by atoms with Crippen LogP contribution in [-0.4, -0.2) is 18.6 Å². The van der Waals surface area contributed by atoms with Crippen molar-refractivity contribution in [3.05, 3.63) is 0 Å². The van der Waals surface area contributed by atoms with Crippen LogP contribution in [0.5, 0.6) is 0 Å². The van der Waals surface area contributed by atoms with Crippen molar-refractivity contribution in [2.75, 3.05) is 6.54 Å². The van der Waals surface area contributed by atoms with Crippen LogP contribution in [0.1, 0.15) is 83.5 Å². The van der Waals surface area contributed by atoms with Crippen molar-refractivity contribution < 1.29 is 4.79 Å². The Morgan fingerprint density at radius 2 is 1.00 bits per heavy atom. The van der Waals surface area contributed by atoms with E-state index < -0.39 is 6.00 Å². The Morgan fingerprint density at radius 3 is 1.36 bits per heavy atom. The van der Waals surface area contributed by atoms with Crippen LogP contribution in [0, 0.1) is 0 Å². The number of hydrogen-bond acceptors (Lipinski definition) is 2. The molecule has 0 atom stereocenters. The zero-order chi connectivity index (χ0) is 16.5. The third-order valence-corrected chi connectivity index (χ3v) is 6.42. The van der Waals surface area contributed by atoms with Crippen LogP contribution in [0.3, 0.4) is 0 Å². The first kappa shape index (κ1) is 22.5. The summed E-state index contributed by atoms with van der Waals surface area (Å²) in [5.74, 6) is 0. The predicted octanol–water partition coefficient (Wildman–Crippen LogP) is 7.05. The summed E-state index contributed by atoms with van der Waals surface area (Å²) < 4.78 is 0. The van der Waals surface area contributed by atoms with E-state index in [1.165, 1.54) is 70.6 Å². The van der Waals surface area contributed by atoms with Gasteiger partial charge in [-0.05, 0) is 12.5 Å². The van der Waals surface area contributed by atoms with Gasteiger partial charge in [0.15, 0.2) is 0 Å². The van der Waals surface area contributed by atoms with E-state index in [4.69, 9.17) is 33.2 Å². The Kier molecular flexibility index (Phi) is 16.7. The van der Waals surface area contributed by atoms with Crippen LogP contribution >= 0.6 is 33.2 Å². The fraction of sp³-hybridized carbons (Fsp3) is 0.938. The first-order valence-corrected chi connectivity index (χ1v) is 13.9. The van der Waals surface area contributed by atoms with Crippen LogP contribution in [0.4, 0.5) is 0 Å². The van der Waals surface area contributed by atoms with Crippen LogP contribution in [0.15, 0.2) is 4.99 Å². The molecule has 0 N–H and O–H groups in total. The van der Waals surface area contributed by atoms with Gasteiger partial charge in [0.25, 0.3) is 0 Å². The van der Waals surface area contributed by atoms with Gasteiger partial charge in [-0.3, -0.25) is 0 Å². The normalized spacial score (nSPS) is 11.4. The average Bonchev–Trinajstić information content (AvgIpc) is 2.45. The van der Waals surface area contributed by atoms with Gasteiger partial charge >= 0.3 is 6.00 Å². The second kappa shape index (κ2) is 16.3. The van der Waals surface area contributed by atoms with Gasteiger partial charge in [0.1, 0.15) is 0 Å². The molecule has 0 fully saturated rings. The van der Waals surface area contributed by atoms with Gasteiger partial charge in [0.2, 0.25) is 6.08 Å². The lowest BCUT2D eigenvalue weighted by Gasteiger charge is -2.06. The highest BCUT2D eigenvalue weighted by Gasteiger charge is 2.23. The summed E-state index contributed by atoms with van der Waals surface area (Å²) in [4.78, 5) is 13.4. The molecule has 0 aromatic rings. The van der Waals surface area contributed by atoms with E-state index in [9.17, 15) is 4.79 Å². The third-order valence-electron chi connectivity index (χ3n) is 3.79. The number of rotatable bonds is 16. The lowest BCUT2D eigenvalue weighted by Crippen LogP contribution is -2.07. The number of halogens is 3. The quantitative estimate of drug-likeness (QED) is 0.0918. The van der Waals surface area contributed by atoms with E-state index in [0.29, 0.717) is 6.54 Å². The molecule has 0 aromatic carbocycles. The molecule has 0 saturated heterocycles. The molecule has 0 aliphatic rings. The molecule has 2 nitrogen and oxygen atoms in total. The van der Waals surface area contributed by atoms with Crippen molar-refractivity contribution in [2.24, 2.45) is 4.99 Å². The van der Waals surface area contributed by atoms with E-state index >= 15 is 0 Å². The highest BCUT2D eigenvalue weighted by Crippen LogP contribution is 2.27. The molecular formula is C16H30Cl3NOSi. The summed E-state index contributed by atoms with van der Waals surface area (Å²) in [5.41, 5.74) is 0. The largest absolute Gasteiger partial charge is 0.341 e. The van der Waals surface area contributed by atoms with E-state index in [-0.39, 0.29) is 0 Å². The molecule has 0 aliphatic heterocycles. The second-order valence-corrected chi connectivity index (χ2v) is 15.2. The average molecular weight is 387 g/mol. The molecule has 0 spiro atoms. The maximum absolute atomic E-state index is 9.87. The molecule has 22 heavy (non-hydrogen) atoms. The lowest BCUT2D eigenvalue weighted by molar-refractivity contribution is 0.539. The first-order chi connectivity index (χ1) is 10.6. The maximum Gasteiger partial charge on any atom is 0.341 e. The number of isocyanates is 1. The topological polar surface area (TPSA) is 29.4 Å². The van der Waals surface area contributed by atoms with Crippen molar-refractivity contribution in [3.8, 4) is 0 Å². The molecule has 0 radical (unpaired) electrons. The summed E-state index contributed by atoms with van der Waals surface area (Å²) >= 11 is 17.5. The Bertz CT molecular complexity index is 292. The predicted molar refractivity (Wildman–Crippen MR) is 101 cm³/mol.